The van der Waals surface area contributed by atoms with Crippen molar-refractivity contribution in [3.05, 3.63) is 48.3 Å². The van der Waals surface area contributed by atoms with Crippen LogP contribution in [0, 0.1) is 5.92 Å². The fourth-order valence-electron chi connectivity index (χ4n) is 4.17. The number of nitrogens with zero attached hydrogens (tertiary/aromatic N) is 2. The fraction of sp³-hybridized carbons (Fsp3) is 0.478. The van der Waals surface area contributed by atoms with E-state index in [1.165, 1.54) is 44.2 Å². The third-order valence-electron chi connectivity index (χ3n) is 6.00. The van der Waals surface area contributed by atoms with Crippen molar-refractivity contribution < 1.29 is 4.79 Å². The molecule has 0 spiro atoms. The number of anilines is 3. The Balaban J connectivity index is 1.36. The number of amides is 1. The molecular formula is C23H30N4O. The Hall–Kier alpha value is -2.56. The molecular weight excluding hydrogens is 348 g/mol. The monoisotopic (exact) mass is 378 g/mol. The van der Waals surface area contributed by atoms with Crippen molar-refractivity contribution in [3.63, 3.8) is 0 Å². The Morgan fingerprint density at radius 2 is 1.71 bits per heavy atom. The van der Waals surface area contributed by atoms with Crippen LogP contribution in [0.1, 0.15) is 55.8 Å². The summed E-state index contributed by atoms with van der Waals surface area (Å²) >= 11 is 0. The lowest BCUT2D eigenvalue weighted by atomic mass is 9.99. The number of piperidine rings is 1. The first-order chi connectivity index (χ1) is 13.7. The molecule has 4 rings (SSSR count). The second kappa shape index (κ2) is 8.63. The number of carbonyl (C=O) groups is 1. The number of benzene rings is 1. The van der Waals surface area contributed by atoms with Crippen LogP contribution >= 0.6 is 0 Å². The molecule has 0 radical (unpaired) electrons. The number of aromatic nitrogens is 1. The Morgan fingerprint density at radius 3 is 2.43 bits per heavy atom. The van der Waals surface area contributed by atoms with E-state index in [2.05, 4.69) is 39.6 Å². The fourth-order valence-corrected chi connectivity index (χ4v) is 4.17. The van der Waals surface area contributed by atoms with E-state index < -0.39 is 0 Å². The number of carbonyl (C=O) groups excluding carboxylic acids is 1. The number of hydrogen-bond acceptors (Lipinski definition) is 4. The van der Waals surface area contributed by atoms with E-state index in [1.807, 2.05) is 18.2 Å². The summed E-state index contributed by atoms with van der Waals surface area (Å²) in [4.78, 5) is 19.3. The summed E-state index contributed by atoms with van der Waals surface area (Å²) in [6.45, 7) is 4.54. The van der Waals surface area contributed by atoms with E-state index in [0.29, 0.717) is 11.6 Å². The summed E-state index contributed by atoms with van der Waals surface area (Å²) < 4.78 is 0. The van der Waals surface area contributed by atoms with Crippen molar-refractivity contribution in [1.29, 1.82) is 0 Å². The summed E-state index contributed by atoms with van der Waals surface area (Å²) in [7, 11) is 0. The zero-order valence-corrected chi connectivity index (χ0v) is 16.7. The van der Waals surface area contributed by atoms with Gasteiger partial charge in [-0.15, -0.1) is 0 Å². The van der Waals surface area contributed by atoms with Crippen LogP contribution in [0.3, 0.4) is 0 Å². The van der Waals surface area contributed by atoms with Gasteiger partial charge < -0.3 is 15.5 Å². The van der Waals surface area contributed by atoms with Gasteiger partial charge in [-0.2, -0.15) is 0 Å². The molecule has 148 valence electrons. The Kier molecular flexibility index (Phi) is 5.79. The first-order valence-electron chi connectivity index (χ1n) is 10.6. The van der Waals surface area contributed by atoms with Crippen molar-refractivity contribution in [2.24, 2.45) is 5.92 Å². The second-order valence-electron chi connectivity index (χ2n) is 8.26. The number of hydrogen-bond donors (Lipinski definition) is 2. The van der Waals surface area contributed by atoms with Gasteiger partial charge in [0.25, 0.3) is 5.91 Å². The summed E-state index contributed by atoms with van der Waals surface area (Å²) in [6.07, 6.45) is 10.8. The van der Waals surface area contributed by atoms with Crippen LogP contribution in [0.5, 0.6) is 0 Å². The van der Waals surface area contributed by atoms with Gasteiger partial charge in [-0.25, -0.2) is 0 Å². The molecule has 1 aliphatic carbocycles. The third-order valence-corrected chi connectivity index (χ3v) is 6.00. The van der Waals surface area contributed by atoms with Gasteiger partial charge in [0.15, 0.2) is 0 Å². The van der Waals surface area contributed by atoms with Crippen LogP contribution in [-0.4, -0.2) is 30.0 Å². The molecule has 5 nitrogen and oxygen atoms in total. The van der Waals surface area contributed by atoms with Crippen LogP contribution in [0.2, 0.25) is 0 Å². The molecule has 1 saturated carbocycles. The van der Waals surface area contributed by atoms with Gasteiger partial charge in [0.2, 0.25) is 0 Å². The Morgan fingerprint density at radius 1 is 1.00 bits per heavy atom. The van der Waals surface area contributed by atoms with Gasteiger partial charge in [-0.3, -0.25) is 9.78 Å². The van der Waals surface area contributed by atoms with Gasteiger partial charge in [0, 0.05) is 42.9 Å². The molecule has 2 heterocycles. The van der Waals surface area contributed by atoms with Gasteiger partial charge >= 0.3 is 0 Å². The lowest BCUT2D eigenvalue weighted by molar-refractivity contribution is 0.102. The average molecular weight is 379 g/mol. The van der Waals surface area contributed by atoms with E-state index in [9.17, 15) is 4.79 Å². The maximum Gasteiger partial charge on any atom is 0.257 e. The van der Waals surface area contributed by atoms with Crippen molar-refractivity contribution in [1.82, 2.24) is 4.98 Å². The van der Waals surface area contributed by atoms with E-state index in [1.54, 1.807) is 12.4 Å². The lowest BCUT2D eigenvalue weighted by Gasteiger charge is -2.32. The van der Waals surface area contributed by atoms with Crippen LogP contribution in [0.4, 0.5) is 17.1 Å². The Labute approximate surface area is 167 Å². The molecule has 1 aromatic carbocycles. The van der Waals surface area contributed by atoms with E-state index in [4.69, 9.17) is 0 Å². The zero-order chi connectivity index (χ0) is 19.3. The molecule has 2 N–H and O–H groups in total. The first kappa shape index (κ1) is 18.8. The topological polar surface area (TPSA) is 57.3 Å². The van der Waals surface area contributed by atoms with Gasteiger partial charge in [0.1, 0.15) is 0 Å². The average Bonchev–Trinajstić information content (AvgIpc) is 3.22. The summed E-state index contributed by atoms with van der Waals surface area (Å²) in [5.74, 6) is 0.699. The van der Waals surface area contributed by atoms with Crippen molar-refractivity contribution in [3.8, 4) is 0 Å². The van der Waals surface area contributed by atoms with Crippen LogP contribution in [0.25, 0.3) is 0 Å². The van der Waals surface area contributed by atoms with E-state index in [0.717, 1.165) is 30.4 Å². The van der Waals surface area contributed by atoms with Crippen LogP contribution in [0.15, 0.2) is 42.7 Å². The highest BCUT2D eigenvalue weighted by Crippen LogP contribution is 2.25. The molecule has 1 saturated heterocycles. The van der Waals surface area contributed by atoms with Gasteiger partial charge in [-0.05, 0) is 61.9 Å². The highest BCUT2D eigenvalue weighted by Gasteiger charge is 2.17. The summed E-state index contributed by atoms with van der Waals surface area (Å²) in [5, 5.41) is 6.49. The maximum atomic E-state index is 12.6. The predicted octanol–water partition coefficient (Wildman–Crippen LogP) is 4.92. The summed E-state index contributed by atoms with van der Waals surface area (Å²) in [5.41, 5.74) is 3.55. The summed E-state index contributed by atoms with van der Waals surface area (Å²) in [6, 6.07) is 10.6. The molecule has 0 bridgehead atoms. The van der Waals surface area contributed by atoms with E-state index in [-0.39, 0.29) is 5.91 Å². The number of nitrogens with one attached hydrogen (secondary N) is 2. The lowest BCUT2D eigenvalue weighted by Crippen LogP contribution is -2.32. The molecule has 1 aliphatic heterocycles. The molecule has 1 aromatic heterocycles. The normalized spacial score (nSPS) is 18.2. The molecule has 0 atom stereocenters. The second-order valence-corrected chi connectivity index (χ2v) is 8.26. The molecule has 0 unspecified atom stereocenters. The highest BCUT2D eigenvalue weighted by atomic mass is 16.1. The zero-order valence-electron chi connectivity index (χ0n) is 16.7. The molecule has 28 heavy (non-hydrogen) atoms. The molecule has 2 aliphatic rings. The van der Waals surface area contributed by atoms with Crippen molar-refractivity contribution >= 4 is 23.0 Å². The largest absolute Gasteiger partial charge is 0.381 e. The molecule has 5 heteroatoms. The maximum absolute atomic E-state index is 12.6. The highest BCUT2D eigenvalue weighted by molar-refractivity contribution is 6.04. The minimum Gasteiger partial charge on any atom is -0.381 e. The quantitative estimate of drug-likeness (QED) is 0.775. The molecule has 2 fully saturated rings. The molecule has 1 amide bonds. The van der Waals surface area contributed by atoms with Crippen LogP contribution < -0.4 is 15.5 Å². The standard InChI is InChI=1S/C23H30N4O/c1-17-10-12-27(13-11-17)22-8-6-20(7-9-22)26-23(28)18-14-21(16-24-15-18)25-19-4-2-3-5-19/h6-9,14-17,19,25H,2-5,10-13H2,1H3,(H,26,28). The minimum absolute atomic E-state index is 0.123. The number of rotatable bonds is 5. The third kappa shape index (κ3) is 4.64. The van der Waals surface area contributed by atoms with Crippen molar-refractivity contribution in [2.75, 3.05) is 28.6 Å². The molecule has 2 aromatic rings. The van der Waals surface area contributed by atoms with E-state index >= 15 is 0 Å². The van der Waals surface area contributed by atoms with Gasteiger partial charge in [-0.1, -0.05) is 19.8 Å². The van der Waals surface area contributed by atoms with Crippen molar-refractivity contribution in [2.45, 2.75) is 51.5 Å². The first-order valence-corrected chi connectivity index (χ1v) is 10.6. The minimum atomic E-state index is -0.123. The number of pyridine rings is 1. The smallest absolute Gasteiger partial charge is 0.257 e. The SMILES string of the molecule is CC1CCN(c2ccc(NC(=O)c3cncc(NC4CCCC4)c3)cc2)CC1. The predicted molar refractivity (Wildman–Crippen MR) is 115 cm³/mol. The van der Waals surface area contributed by atoms with Crippen LogP contribution in [-0.2, 0) is 0 Å². The van der Waals surface area contributed by atoms with Gasteiger partial charge in [0.05, 0.1) is 11.3 Å². The Bertz CT molecular complexity index is 791.